The SMILES string of the molecule is Cc1ccc(N2CC(C)(C)C2=O)c([N+](=O)[O-])c1. The Labute approximate surface area is 99.2 Å². The van der Waals surface area contributed by atoms with Crippen molar-refractivity contribution in [2.45, 2.75) is 20.8 Å². The van der Waals surface area contributed by atoms with Gasteiger partial charge in [0.05, 0.1) is 10.3 Å². The Hall–Kier alpha value is -1.91. The zero-order valence-electron chi connectivity index (χ0n) is 10.1. The van der Waals surface area contributed by atoms with Crippen LogP contribution in [-0.2, 0) is 4.79 Å². The number of rotatable bonds is 2. The van der Waals surface area contributed by atoms with E-state index in [4.69, 9.17) is 0 Å². The second-order valence-electron chi connectivity index (χ2n) is 5.02. The molecule has 1 aliphatic rings. The number of nitrogens with zero attached hydrogens (tertiary/aromatic N) is 2. The van der Waals surface area contributed by atoms with Crippen LogP contribution in [0.2, 0.25) is 0 Å². The van der Waals surface area contributed by atoms with Crippen molar-refractivity contribution in [3.63, 3.8) is 0 Å². The van der Waals surface area contributed by atoms with Crippen LogP contribution in [0.25, 0.3) is 0 Å². The summed E-state index contributed by atoms with van der Waals surface area (Å²) in [7, 11) is 0. The lowest BCUT2D eigenvalue weighted by atomic mass is 9.82. The van der Waals surface area contributed by atoms with Crippen molar-refractivity contribution in [3.05, 3.63) is 33.9 Å². The third-order valence-electron chi connectivity index (χ3n) is 3.00. The molecule has 1 fully saturated rings. The predicted molar refractivity (Wildman–Crippen MR) is 64.0 cm³/mol. The first-order chi connectivity index (χ1) is 7.83. The molecule has 1 amide bonds. The van der Waals surface area contributed by atoms with Crippen LogP contribution in [0.3, 0.4) is 0 Å². The molecule has 1 aliphatic heterocycles. The standard InChI is InChI=1S/C12H14N2O3/c1-8-4-5-9(10(6-8)14(16)17)13-7-12(2,3)11(13)15/h4-6H,7H2,1-3H3. The van der Waals surface area contributed by atoms with Gasteiger partial charge in [-0.3, -0.25) is 14.9 Å². The lowest BCUT2D eigenvalue weighted by molar-refractivity contribution is -0.384. The number of nitro benzene ring substituents is 1. The number of hydrogen-bond donors (Lipinski definition) is 0. The molecule has 5 nitrogen and oxygen atoms in total. The summed E-state index contributed by atoms with van der Waals surface area (Å²) in [6.45, 7) is 5.99. The molecule has 17 heavy (non-hydrogen) atoms. The van der Waals surface area contributed by atoms with Crippen LogP contribution in [0.4, 0.5) is 11.4 Å². The number of amides is 1. The molecule has 90 valence electrons. The maximum atomic E-state index is 11.8. The Morgan fingerprint density at radius 1 is 1.41 bits per heavy atom. The highest BCUT2D eigenvalue weighted by Crippen LogP contribution is 2.39. The summed E-state index contributed by atoms with van der Waals surface area (Å²) in [5.41, 5.74) is 0.796. The number of benzene rings is 1. The van der Waals surface area contributed by atoms with Crippen LogP contribution in [0.5, 0.6) is 0 Å². The third kappa shape index (κ3) is 1.77. The lowest BCUT2D eigenvalue weighted by Crippen LogP contribution is -2.58. The van der Waals surface area contributed by atoms with E-state index in [1.54, 1.807) is 19.1 Å². The Morgan fingerprint density at radius 2 is 2.06 bits per heavy atom. The van der Waals surface area contributed by atoms with Gasteiger partial charge in [0.1, 0.15) is 5.69 Å². The molecule has 0 saturated carbocycles. The van der Waals surface area contributed by atoms with Gasteiger partial charge in [0.25, 0.3) is 5.69 Å². The van der Waals surface area contributed by atoms with Gasteiger partial charge in [-0.25, -0.2) is 0 Å². The first-order valence-corrected chi connectivity index (χ1v) is 5.40. The van der Waals surface area contributed by atoms with Crippen molar-refractivity contribution in [1.82, 2.24) is 0 Å². The summed E-state index contributed by atoms with van der Waals surface area (Å²) in [6, 6.07) is 4.91. The quantitative estimate of drug-likeness (QED) is 0.448. The number of anilines is 1. The summed E-state index contributed by atoms with van der Waals surface area (Å²) < 4.78 is 0. The first-order valence-electron chi connectivity index (χ1n) is 5.40. The highest BCUT2D eigenvalue weighted by atomic mass is 16.6. The average Bonchev–Trinajstić information content (AvgIpc) is 2.26. The minimum atomic E-state index is -0.444. The largest absolute Gasteiger partial charge is 0.305 e. The second-order valence-corrected chi connectivity index (χ2v) is 5.02. The number of aryl methyl sites for hydroxylation is 1. The van der Waals surface area contributed by atoms with Crippen LogP contribution in [0, 0.1) is 22.5 Å². The molecule has 1 heterocycles. The monoisotopic (exact) mass is 234 g/mol. The van der Waals surface area contributed by atoms with Gasteiger partial charge >= 0.3 is 0 Å². The summed E-state index contributed by atoms with van der Waals surface area (Å²) >= 11 is 0. The summed E-state index contributed by atoms with van der Waals surface area (Å²) in [6.07, 6.45) is 0. The average molecular weight is 234 g/mol. The lowest BCUT2D eigenvalue weighted by Gasteiger charge is -2.44. The van der Waals surface area contributed by atoms with Crippen LogP contribution in [-0.4, -0.2) is 17.4 Å². The van der Waals surface area contributed by atoms with Crippen molar-refractivity contribution >= 4 is 17.3 Å². The molecule has 0 atom stereocenters. The third-order valence-corrected chi connectivity index (χ3v) is 3.00. The fourth-order valence-corrected chi connectivity index (χ4v) is 2.01. The zero-order valence-corrected chi connectivity index (χ0v) is 10.1. The number of nitro groups is 1. The maximum absolute atomic E-state index is 11.8. The minimum Gasteiger partial charge on any atom is -0.305 e. The Morgan fingerprint density at radius 3 is 2.53 bits per heavy atom. The van der Waals surface area contributed by atoms with E-state index in [0.29, 0.717) is 12.2 Å². The molecule has 0 radical (unpaired) electrons. The molecular formula is C12H14N2O3. The molecule has 1 saturated heterocycles. The molecule has 0 unspecified atom stereocenters. The van der Waals surface area contributed by atoms with Crippen LogP contribution in [0.1, 0.15) is 19.4 Å². The predicted octanol–water partition coefficient (Wildman–Crippen LogP) is 2.28. The van der Waals surface area contributed by atoms with E-state index in [-0.39, 0.29) is 11.6 Å². The van der Waals surface area contributed by atoms with Crippen molar-refractivity contribution in [2.75, 3.05) is 11.4 Å². The molecular weight excluding hydrogens is 220 g/mol. The number of hydrogen-bond acceptors (Lipinski definition) is 3. The van der Waals surface area contributed by atoms with E-state index < -0.39 is 10.3 Å². The van der Waals surface area contributed by atoms with Crippen molar-refractivity contribution in [1.29, 1.82) is 0 Å². The highest BCUT2D eigenvalue weighted by Gasteiger charge is 2.46. The number of carbonyl (C=O) groups is 1. The molecule has 5 heteroatoms. The molecule has 0 spiro atoms. The summed E-state index contributed by atoms with van der Waals surface area (Å²) in [4.78, 5) is 23.8. The van der Waals surface area contributed by atoms with Crippen molar-refractivity contribution in [3.8, 4) is 0 Å². The highest BCUT2D eigenvalue weighted by molar-refractivity contribution is 6.05. The van der Waals surface area contributed by atoms with E-state index in [0.717, 1.165) is 5.56 Å². The van der Waals surface area contributed by atoms with Gasteiger partial charge in [-0.1, -0.05) is 6.07 Å². The molecule has 1 aromatic rings. The van der Waals surface area contributed by atoms with Gasteiger partial charge in [0, 0.05) is 12.6 Å². The van der Waals surface area contributed by atoms with E-state index in [1.807, 2.05) is 13.8 Å². The first kappa shape index (κ1) is 11.6. The van der Waals surface area contributed by atoms with Crippen molar-refractivity contribution < 1.29 is 9.72 Å². The Bertz CT molecular complexity index is 508. The maximum Gasteiger partial charge on any atom is 0.293 e. The zero-order chi connectivity index (χ0) is 12.8. The van der Waals surface area contributed by atoms with Crippen LogP contribution < -0.4 is 4.90 Å². The fourth-order valence-electron chi connectivity index (χ4n) is 2.01. The normalized spacial score (nSPS) is 17.8. The molecule has 2 rings (SSSR count). The molecule has 1 aromatic carbocycles. The Kier molecular flexibility index (Phi) is 2.41. The molecule has 0 aromatic heterocycles. The van der Waals surface area contributed by atoms with Gasteiger partial charge in [-0.2, -0.15) is 0 Å². The molecule has 0 N–H and O–H groups in total. The van der Waals surface area contributed by atoms with Gasteiger partial charge in [-0.15, -0.1) is 0 Å². The smallest absolute Gasteiger partial charge is 0.293 e. The number of carbonyl (C=O) groups excluding carboxylic acids is 1. The van der Waals surface area contributed by atoms with E-state index in [2.05, 4.69) is 0 Å². The summed E-state index contributed by atoms with van der Waals surface area (Å²) in [5.74, 6) is -0.0653. The van der Waals surface area contributed by atoms with E-state index in [1.165, 1.54) is 11.0 Å². The summed E-state index contributed by atoms with van der Waals surface area (Å²) in [5, 5.41) is 11.0. The van der Waals surface area contributed by atoms with Gasteiger partial charge in [0.15, 0.2) is 0 Å². The van der Waals surface area contributed by atoms with Crippen LogP contribution in [0.15, 0.2) is 18.2 Å². The van der Waals surface area contributed by atoms with E-state index >= 15 is 0 Å². The van der Waals surface area contributed by atoms with Crippen LogP contribution >= 0.6 is 0 Å². The minimum absolute atomic E-state index is 0.00569. The number of β-lactam (4-membered cyclic amide) rings is 1. The second kappa shape index (κ2) is 3.55. The fraction of sp³-hybridized carbons (Fsp3) is 0.417. The van der Waals surface area contributed by atoms with Gasteiger partial charge in [-0.05, 0) is 32.4 Å². The molecule has 0 aliphatic carbocycles. The topological polar surface area (TPSA) is 63.5 Å². The van der Waals surface area contributed by atoms with E-state index in [9.17, 15) is 14.9 Å². The van der Waals surface area contributed by atoms with Gasteiger partial charge in [0.2, 0.25) is 5.91 Å². The Balaban J connectivity index is 2.41. The van der Waals surface area contributed by atoms with Gasteiger partial charge < -0.3 is 4.90 Å². The van der Waals surface area contributed by atoms with Crippen molar-refractivity contribution in [2.24, 2.45) is 5.41 Å². The molecule has 0 bridgehead atoms.